The van der Waals surface area contributed by atoms with Crippen LogP contribution in [0, 0.1) is 5.82 Å². The first-order valence-electron chi connectivity index (χ1n) is 6.51. The normalized spacial score (nSPS) is 10.5. The fourth-order valence-corrected chi connectivity index (χ4v) is 2.22. The van der Waals surface area contributed by atoms with E-state index in [1.54, 1.807) is 18.2 Å². The number of carbonyl (C=O) groups excluding carboxylic acids is 1. The minimum atomic E-state index is -0.483. The van der Waals surface area contributed by atoms with E-state index in [1.807, 2.05) is 24.3 Å². The van der Waals surface area contributed by atoms with Gasteiger partial charge in [0.2, 0.25) is 0 Å². The third kappa shape index (κ3) is 3.07. The van der Waals surface area contributed by atoms with E-state index in [0.717, 1.165) is 10.0 Å². The summed E-state index contributed by atoms with van der Waals surface area (Å²) in [5.41, 5.74) is 1.92. The maximum absolute atomic E-state index is 13.5. The van der Waals surface area contributed by atoms with Crippen molar-refractivity contribution in [1.82, 2.24) is 10.2 Å². The number of aromatic amines is 1. The molecule has 0 fully saturated rings. The molecule has 0 spiro atoms. The molecule has 0 saturated heterocycles. The molecule has 0 bridgehead atoms. The van der Waals surface area contributed by atoms with Crippen LogP contribution in [0.2, 0.25) is 0 Å². The Kier molecular flexibility index (Phi) is 4.02. The van der Waals surface area contributed by atoms with Gasteiger partial charge in [-0.25, -0.2) is 4.39 Å². The molecule has 0 unspecified atom stereocenters. The van der Waals surface area contributed by atoms with Gasteiger partial charge in [-0.15, -0.1) is 0 Å². The standard InChI is InChI=1S/C16H11BrFN3O/c17-11-7-5-10(6-8-11)14-9-15(21-20-14)16(22)19-13-4-2-1-3-12(13)18/h1-9H,(H,19,22)(H,20,21). The molecule has 0 aliphatic carbocycles. The lowest BCUT2D eigenvalue weighted by Crippen LogP contribution is -2.13. The highest BCUT2D eigenvalue weighted by molar-refractivity contribution is 9.10. The van der Waals surface area contributed by atoms with Crippen molar-refractivity contribution < 1.29 is 9.18 Å². The number of para-hydroxylation sites is 1. The number of anilines is 1. The van der Waals surface area contributed by atoms with Gasteiger partial charge in [0, 0.05) is 10.0 Å². The average Bonchev–Trinajstić information content (AvgIpc) is 3.00. The van der Waals surface area contributed by atoms with Crippen LogP contribution < -0.4 is 5.32 Å². The zero-order valence-electron chi connectivity index (χ0n) is 11.3. The van der Waals surface area contributed by atoms with Crippen LogP contribution in [-0.4, -0.2) is 16.1 Å². The number of halogens is 2. The second-order valence-electron chi connectivity index (χ2n) is 4.61. The number of aromatic nitrogens is 2. The van der Waals surface area contributed by atoms with Crippen molar-refractivity contribution in [3.8, 4) is 11.3 Å². The molecule has 3 rings (SSSR count). The molecule has 2 N–H and O–H groups in total. The fourth-order valence-electron chi connectivity index (χ4n) is 1.96. The summed E-state index contributed by atoms with van der Waals surface area (Å²) in [4.78, 5) is 12.1. The lowest BCUT2D eigenvalue weighted by molar-refractivity contribution is 0.102. The number of amides is 1. The van der Waals surface area contributed by atoms with Gasteiger partial charge in [0.15, 0.2) is 0 Å². The summed E-state index contributed by atoms with van der Waals surface area (Å²) in [5.74, 6) is -0.926. The molecule has 22 heavy (non-hydrogen) atoms. The van der Waals surface area contributed by atoms with E-state index in [2.05, 4.69) is 31.4 Å². The van der Waals surface area contributed by atoms with E-state index >= 15 is 0 Å². The van der Waals surface area contributed by atoms with Gasteiger partial charge in [-0.2, -0.15) is 5.10 Å². The van der Waals surface area contributed by atoms with Crippen molar-refractivity contribution in [2.45, 2.75) is 0 Å². The van der Waals surface area contributed by atoms with Gasteiger partial charge in [-0.3, -0.25) is 9.89 Å². The van der Waals surface area contributed by atoms with Crippen molar-refractivity contribution in [1.29, 1.82) is 0 Å². The molecule has 0 radical (unpaired) electrons. The molecule has 0 atom stereocenters. The summed E-state index contributed by atoms with van der Waals surface area (Å²) in [6, 6.07) is 15.2. The predicted molar refractivity (Wildman–Crippen MR) is 86.1 cm³/mol. The molecule has 3 aromatic rings. The number of nitrogens with one attached hydrogen (secondary N) is 2. The van der Waals surface area contributed by atoms with Gasteiger partial charge in [-0.05, 0) is 30.3 Å². The van der Waals surface area contributed by atoms with Crippen molar-refractivity contribution in [2.24, 2.45) is 0 Å². The number of H-pyrrole nitrogens is 1. The quantitative estimate of drug-likeness (QED) is 0.734. The highest BCUT2D eigenvalue weighted by Crippen LogP contribution is 2.21. The SMILES string of the molecule is O=C(Nc1ccccc1F)c1cc(-c2ccc(Br)cc2)n[nH]1. The highest BCUT2D eigenvalue weighted by Gasteiger charge is 2.12. The topological polar surface area (TPSA) is 57.8 Å². The summed E-state index contributed by atoms with van der Waals surface area (Å²) in [6.45, 7) is 0. The smallest absolute Gasteiger partial charge is 0.273 e. The van der Waals surface area contributed by atoms with E-state index in [4.69, 9.17) is 0 Å². The maximum Gasteiger partial charge on any atom is 0.273 e. The molecule has 1 amide bonds. The van der Waals surface area contributed by atoms with Crippen LogP contribution in [0.15, 0.2) is 59.1 Å². The van der Waals surface area contributed by atoms with Gasteiger partial charge >= 0.3 is 0 Å². The highest BCUT2D eigenvalue weighted by atomic mass is 79.9. The van der Waals surface area contributed by atoms with Crippen LogP contribution in [-0.2, 0) is 0 Å². The molecule has 1 heterocycles. The van der Waals surface area contributed by atoms with E-state index < -0.39 is 11.7 Å². The van der Waals surface area contributed by atoms with Crippen molar-refractivity contribution in [2.75, 3.05) is 5.32 Å². The molecular formula is C16H11BrFN3O. The van der Waals surface area contributed by atoms with Gasteiger partial charge < -0.3 is 5.32 Å². The fraction of sp³-hybridized carbons (Fsp3) is 0. The number of hydrogen-bond acceptors (Lipinski definition) is 2. The Bertz CT molecular complexity index is 814. The monoisotopic (exact) mass is 359 g/mol. The first-order chi connectivity index (χ1) is 10.6. The molecule has 0 aliphatic rings. The minimum absolute atomic E-state index is 0.132. The molecular weight excluding hydrogens is 349 g/mol. The Balaban J connectivity index is 1.80. The summed E-state index contributed by atoms with van der Waals surface area (Å²) >= 11 is 3.36. The van der Waals surface area contributed by atoms with Gasteiger partial charge in [0.25, 0.3) is 5.91 Å². The van der Waals surface area contributed by atoms with Crippen LogP contribution in [0.25, 0.3) is 11.3 Å². The maximum atomic E-state index is 13.5. The zero-order valence-corrected chi connectivity index (χ0v) is 12.9. The lowest BCUT2D eigenvalue weighted by Gasteiger charge is -2.03. The Morgan fingerprint density at radius 1 is 1.14 bits per heavy atom. The van der Waals surface area contributed by atoms with E-state index in [1.165, 1.54) is 12.1 Å². The van der Waals surface area contributed by atoms with E-state index in [0.29, 0.717) is 5.69 Å². The Hall–Kier alpha value is -2.47. The molecule has 1 aromatic heterocycles. The van der Waals surface area contributed by atoms with Crippen molar-refractivity contribution in [3.05, 3.63) is 70.6 Å². The zero-order chi connectivity index (χ0) is 15.5. The average molecular weight is 360 g/mol. The number of carbonyl (C=O) groups is 1. The molecule has 2 aromatic carbocycles. The van der Waals surface area contributed by atoms with Crippen LogP contribution in [0.3, 0.4) is 0 Å². The predicted octanol–water partition coefficient (Wildman–Crippen LogP) is 4.23. The number of benzene rings is 2. The molecule has 0 aliphatic heterocycles. The summed E-state index contributed by atoms with van der Waals surface area (Å²) in [5, 5.41) is 9.28. The Morgan fingerprint density at radius 2 is 1.86 bits per heavy atom. The Morgan fingerprint density at radius 3 is 2.59 bits per heavy atom. The van der Waals surface area contributed by atoms with Crippen molar-refractivity contribution >= 4 is 27.5 Å². The summed E-state index contributed by atoms with van der Waals surface area (Å²) in [6.07, 6.45) is 0. The van der Waals surface area contributed by atoms with Crippen LogP contribution >= 0.6 is 15.9 Å². The van der Waals surface area contributed by atoms with Gasteiger partial charge in [-0.1, -0.05) is 40.2 Å². The third-order valence-corrected chi connectivity index (χ3v) is 3.61. The second-order valence-corrected chi connectivity index (χ2v) is 5.52. The lowest BCUT2D eigenvalue weighted by atomic mass is 10.1. The molecule has 4 nitrogen and oxygen atoms in total. The van der Waals surface area contributed by atoms with Gasteiger partial charge in [0.1, 0.15) is 11.5 Å². The number of rotatable bonds is 3. The van der Waals surface area contributed by atoms with Crippen LogP contribution in [0.1, 0.15) is 10.5 Å². The third-order valence-electron chi connectivity index (χ3n) is 3.08. The second kappa shape index (κ2) is 6.11. The summed E-state index contributed by atoms with van der Waals surface area (Å²) in [7, 11) is 0. The largest absolute Gasteiger partial charge is 0.318 e. The Labute approximate surface area is 134 Å². The van der Waals surface area contributed by atoms with E-state index in [9.17, 15) is 9.18 Å². The number of nitrogens with zero attached hydrogens (tertiary/aromatic N) is 1. The molecule has 6 heteroatoms. The molecule has 110 valence electrons. The first-order valence-corrected chi connectivity index (χ1v) is 7.30. The minimum Gasteiger partial charge on any atom is -0.318 e. The van der Waals surface area contributed by atoms with Crippen molar-refractivity contribution in [3.63, 3.8) is 0 Å². The summed E-state index contributed by atoms with van der Waals surface area (Å²) < 4.78 is 14.5. The van der Waals surface area contributed by atoms with Gasteiger partial charge in [0.05, 0.1) is 11.4 Å². The number of hydrogen-bond donors (Lipinski definition) is 2. The molecule has 0 saturated carbocycles. The van der Waals surface area contributed by atoms with E-state index in [-0.39, 0.29) is 11.4 Å². The van der Waals surface area contributed by atoms with Crippen LogP contribution in [0.4, 0.5) is 10.1 Å². The first kappa shape index (κ1) is 14.5. The van der Waals surface area contributed by atoms with Crippen LogP contribution in [0.5, 0.6) is 0 Å².